The van der Waals surface area contributed by atoms with Crippen molar-refractivity contribution in [3.8, 4) is 5.75 Å². The summed E-state index contributed by atoms with van der Waals surface area (Å²) in [6.45, 7) is 0.493. The van der Waals surface area contributed by atoms with Crippen LogP contribution in [0.25, 0.3) is 0 Å². The van der Waals surface area contributed by atoms with E-state index in [0.29, 0.717) is 6.54 Å². The second-order valence-corrected chi connectivity index (χ2v) is 3.42. The third-order valence-electron chi connectivity index (χ3n) is 2.22. The fourth-order valence-electron chi connectivity index (χ4n) is 1.33. The van der Waals surface area contributed by atoms with Crippen molar-refractivity contribution < 1.29 is 4.74 Å². The number of aromatic nitrogens is 1. The van der Waals surface area contributed by atoms with Crippen molar-refractivity contribution in [2.75, 3.05) is 7.11 Å². The normalized spacial score (nSPS) is 10.6. The molecule has 0 spiro atoms. The van der Waals surface area contributed by atoms with Gasteiger partial charge in [0.25, 0.3) is 0 Å². The van der Waals surface area contributed by atoms with E-state index in [2.05, 4.69) is 15.2 Å². The Kier molecular flexibility index (Phi) is 3.81. The fourth-order valence-corrected chi connectivity index (χ4v) is 1.33. The molecule has 0 atom stereocenters. The van der Waals surface area contributed by atoms with Gasteiger partial charge in [-0.15, -0.1) is 0 Å². The fraction of sp³-hybridized carbons (Fsp3) is 0.154. The van der Waals surface area contributed by atoms with Crippen LogP contribution in [-0.4, -0.2) is 12.1 Å². The molecule has 0 bridgehead atoms. The van der Waals surface area contributed by atoms with Crippen molar-refractivity contribution in [3.63, 3.8) is 0 Å². The molecule has 0 saturated heterocycles. The van der Waals surface area contributed by atoms with E-state index in [1.807, 2.05) is 42.5 Å². The van der Waals surface area contributed by atoms with Crippen molar-refractivity contribution >= 4 is 5.69 Å². The van der Waals surface area contributed by atoms with Crippen LogP contribution in [0.15, 0.2) is 58.9 Å². The summed E-state index contributed by atoms with van der Waals surface area (Å²) in [6, 6.07) is 13.2. The second kappa shape index (κ2) is 5.75. The monoisotopic (exact) mass is 227 g/mol. The van der Waals surface area contributed by atoms with E-state index in [9.17, 15) is 0 Å². The van der Waals surface area contributed by atoms with Gasteiger partial charge in [-0.2, -0.15) is 10.2 Å². The molecular weight excluding hydrogens is 214 g/mol. The second-order valence-electron chi connectivity index (χ2n) is 3.42. The van der Waals surface area contributed by atoms with Crippen molar-refractivity contribution in [1.82, 2.24) is 4.98 Å². The molecule has 4 nitrogen and oxygen atoms in total. The van der Waals surface area contributed by atoms with Gasteiger partial charge < -0.3 is 4.74 Å². The molecule has 0 fully saturated rings. The molecule has 2 rings (SSSR count). The molecule has 0 saturated carbocycles. The van der Waals surface area contributed by atoms with E-state index >= 15 is 0 Å². The summed E-state index contributed by atoms with van der Waals surface area (Å²) < 4.78 is 5.06. The van der Waals surface area contributed by atoms with Crippen molar-refractivity contribution in [2.45, 2.75) is 6.54 Å². The number of nitrogens with zero attached hydrogens (tertiary/aromatic N) is 3. The standard InChI is InChI=1S/C13H13N3O/c1-17-13-7-5-11(6-8-13)16-15-10-12-4-2-3-9-14-12/h2-9H,10H2,1H3. The molecule has 1 heterocycles. The molecule has 2 aromatic rings. The summed E-state index contributed by atoms with van der Waals surface area (Å²) >= 11 is 0. The number of benzene rings is 1. The minimum absolute atomic E-state index is 0.493. The predicted molar refractivity (Wildman–Crippen MR) is 65.5 cm³/mol. The van der Waals surface area contributed by atoms with Gasteiger partial charge in [0, 0.05) is 6.20 Å². The zero-order valence-electron chi connectivity index (χ0n) is 9.58. The Bertz CT molecular complexity index is 480. The SMILES string of the molecule is COc1ccc(N=NCc2ccccn2)cc1. The molecule has 0 amide bonds. The van der Waals surface area contributed by atoms with Gasteiger partial charge in [0.1, 0.15) is 12.3 Å². The average Bonchev–Trinajstić information content (AvgIpc) is 2.41. The van der Waals surface area contributed by atoms with Crippen LogP contribution in [0.4, 0.5) is 5.69 Å². The highest BCUT2D eigenvalue weighted by Crippen LogP contribution is 2.18. The zero-order valence-corrected chi connectivity index (χ0v) is 9.58. The Labute approximate surface area is 100.0 Å². The molecule has 1 aromatic heterocycles. The minimum Gasteiger partial charge on any atom is -0.497 e. The van der Waals surface area contributed by atoms with E-state index in [-0.39, 0.29) is 0 Å². The molecule has 86 valence electrons. The largest absolute Gasteiger partial charge is 0.497 e. The van der Waals surface area contributed by atoms with Gasteiger partial charge in [-0.05, 0) is 36.4 Å². The number of azo groups is 1. The number of methoxy groups -OCH3 is 1. The van der Waals surface area contributed by atoms with E-state index < -0.39 is 0 Å². The summed E-state index contributed by atoms with van der Waals surface area (Å²) in [4.78, 5) is 4.16. The maximum Gasteiger partial charge on any atom is 0.119 e. The van der Waals surface area contributed by atoms with Gasteiger partial charge in [0.2, 0.25) is 0 Å². The molecule has 0 aliphatic heterocycles. The molecule has 0 aliphatic rings. The smallest absolute Gasteiger partial charge is 0.119 e. The van der Waals surface area contributed by atoms with Gasteiger partial charge in [0.05, 0.1) is 18.5 Å². The maximum absolute atomic E-state index is 5.06. The van der Waals surface area contributed by atoms with E-state index in [4.69, 9.17) is 4.74 Å². The molecule has 0 aliphatic carbocycles. The summed E-state index contributed by atoms with van der Waals surface area (Å²) in [7, 11) is 1.64. The highest BCUT2D eigenvalue weighted by Gasteiger charge is 1.92. The van der Waals surface area contributed by atoms with Crippen molar-refractivity contribution in [1.29, 1.82) is 0 Å². The number of rotatable bonds is 4. The lowest BCUT2D eigenvalue weighted by atomic mass is 10.3. The molecule has 0 unspecified atom stereocenters. The first-order valence-electron chi connectivity index (χ1n) is 5.30. The average molecular weight is 227 g/mol. The number of hydrogen-bond donors (Lipinski definition) is 0. The number of pyridine rings is 1. The lowest BCUT2D eigenvalue weighted by Crippen LogP contribution is -1.83. The Morgan fingerprint density at radius 2 is 1.94 bits per heavy atom. The third-order valence-corrected chi connectivity index (χ3v) is 2.22. The molecule has 17 heavy (non-hydrogen) atoms. The van der Waals surface area contributed by atoms with E-state index in [1.54, 1.807) is 13.3 Å². The van der Waals surface area contributed by atoms with E-state index in [1.165, 1.54) is 0 Å². The Hall–Kier alpha value is -2.23. The van der Waals surface area contributed by atoms with Gasteiger partial charge >= 0.3 is 0 Å². The van der Waals surface area contributed by atoms with Crippen LogP contribution in [0.2, 0.25) is 0 Å². The first-order chi connectivity index (χ1) is 8.38. The van der Waals surface area contributed by atoms with Crippen molar-refractivity contribution in [3.05, 3.63) is 54.4 Å². The first kappa shape index (κ1) is 11.3. The van der Waals surface area contributed by atoms with Gasteiger partial charge in [0.15, 0.2) is 0 Å². The molecular formula is C13H13N3O. The van der Waals surface area contributed by atoms with Crippen LogP contribution in [0.3, 0.4) is 0 Å². The van der Waals surface area contributed by atoms with Crippen LogP contribution >= 0.6 is 0 Å². The quantitative estimate of drug-likeness (QED) is 0.752. The topological polar surface area (TPSA) is 46.8 Å². The summed E-state index contributed by atoms with van der Waals surface area (Å²) in [6.07, 6.45) is 1.75. The lowest BCUT2D eigenvalue weighted by Gasteiger charge is -1.98. The van der Waals surface area contributed by atoms with Crippen LogP contribution in [-0.2, 0) is 6.54 Å². The summed E-state index contributed by atoms with van der Waals surface area (Å²) in [5, 5.41) is 8.20. The molecule has 4 heteroatoms. The zero-order chi connectivity index (χ0) is 11.9. The Balaban J connectivity index is 1.96. The molecule has 1 aromatic carbocycles. The van der Waals surface area contributed by atoms with E-state index in [0.717, 1.165) is 17.1 Å². The van der Waals surface area contributed by atoms with Crippen LogP contribution in [0, 0.1) is 0 Å². The molecule has 0 N–H and O–H groups in total. The number of ether oxygens (including phenoxy) is 1. The predicted octanol–water partition coefficient (Wildman–Crippen LogP) is 3.37. The lowest BCUT2D eigenvalue weighted by molar-refractivity contribution is 0.415. The highest BCUT2D eigenvalue weighted by molar-refractivity contribution is 5.40. The number of hydrogen-bond acceptors (Lipinski definition) is 4. The Morgan fingerprint density at radius 1 is 1.12 bits per heavy atom. The van der Waals surface area contributed by atoms with Gasteiger partial charge in [-0.25, -0.2) is 0 Å². The van der Waals surface area contributed by atoms with Crippen molar-refractivity contribution in [2.24, 2.45) is 10.2 Å². The molecule has 0 radical (unpaired) electrons. The van der Waals surface area contributed by atoms with Crippen LogP contribution in [0.1, 0.15) is 5.69 Å². The van der Waals surface area contributed by atoms with Crippen LogP contribution < -0.4 is 4.74 Å². The van der Waals surface area contributed by atoms with Crippen LogP contribution in [0.5, 0.6) is 5.75 Å². The minimum atomic E-state index is 0.493. The maximum atomic E-state index is 5.06. The Morgan fingerprint density at radius 3 is 2.59 bits per heavy atom. The summed E-state index contributed by atoms with van der Waals surface area (Å²) in [5.41, 5.74) is 1.71. The third kappa shape index (κ3) is 3.38. The van der Waals surface area contributed by atoms with Gasteiger partial charge in [-0.3, -0.25) is 4.98 Å². The highest BCUT2D eigenvalue weighted by atomic mass is 16.5. The first-order valence-corrected chi connectivity index (χ1v) is 5.30. The van der Waals surface area contributed by atoms with Gasteiger partial charge in [-0.1, -0.05) is 6.07 Å². The summed E-state index contributed by atoms with van der Waals surface area (Å²) in [5.74, 6) is 0.814.